The summed E-state index contributed by atoms with van der Waals surface area (Å²) >= 11 is 0. The van der Waals surface area contributed by atoms with Gasteiger partial charge in [0.15, 0.2) is 0 Å². The summed E-state index contributed by atoms with van der Waals surface area (Å²) in [5.74, 6) is 0. The number of aliphatic hydroxyl groups is 1. The lowest BCUT2D eigenvalue weighted by molar-refractivity contribution is 0.0133. The van der Waals surface area contributed by atoms with Gasteiger partial charge in [-0.2, -0.15) is 0 Å². The maximum Gasteiger partial charge on any atom is 0.0706 e. The summed E-state index contributed by atoms with van der Waals surface area (Å²) < 4.78 is 0. The van der Waals surface area contributed by atoms with E-state index in [1.807, 2.05) is 0 Å². The Balaban J connectivity index is 2.31. The lowest BCUT2D eigenvalue weighted by atomic mass is 9.89. The molecule has 1 aliphatic rings. The standard InChI is InChI=1S/C10H19NO/c1-2-3-4-5-10(12)6-8-11-9-7-10/h3-4,11-12H,2,5-9H2,1H3/b4-3+. The minimum atomic E-state index is -0.420. The van der Waals surface area contributed by atoms with Crippen LogP contribution < -0.4 is 5.32 Å². The molecule has 0 aliphatic carbocycles. The summed E-state index contributed by atoms with van der Waals surface area (Å²) in [6.45, 7) is 4.02. The molecule has 2 nitrogen and oxygen atoms in total. The summed E-state index contributed by atoms with van der Waals surface area (Å²) in [6.07, 6.45) is 7.89. The average Bonchev–Trinajstić information content (AvgIpc) is 2.06. The first-order valence-electron chi connectivity index (χ1n) is 4.85. The molecule has 70 valence electrons. The van der Waals surface area contributed by atoms with E-state index >= 15 is 0 Å². The molecule has 0 aromatic rings. The monoisotopic (exact) mass is 169 g/mol. The minimum Gasteiger partial charge on any atom is -0.389 e. The normalized spacial score (nSPS) is 23.2. The highest BCUT2D eigenvalue weighted by Crippen LogP contribution is 2.22. The van der Waals surface area contributed by atoms with Crippen molar-refractivity contribution >= 4 is 0 Å². The van der Waals surface area contributed by atoms with Crippen LogP contribution in [0.15, 0.2) is 12.2 Å². The van der Waals surface area contributed by atoms with Crippen molar-refractivity contribution in [3.63, 3.8) is 0 Å². The maximum absolute atomic E-state index is 10.0. The third-order valence-electron chi connectivity index (χ3n) is 2.43. The van der Waals surface area contributed by atoms with Crippen molar-refractivity contribution in [3.8, 4) is 0 Å². The third kappa shape index (κ3) is 2.95. The van der Waals surface area contributed by atoms with Crippen LogP contribution in [0.25, 0.3) is 0 Å². The molecule has 0 unspecified atom stereocenters. The van der Waals surface area contributed by atoms with Gasteiger partial charge in [-0.25, -0.2) is 0 Å². The first-order valence-corrected chi connectivity index (χ1v) is 4.85. The van der Waals surface area contributed by atoms with Crippen LogP contribution in [0.3, 0.4) is 0 Å². The average molecular weight is 169 g/mol. The SMILES string of the molecule is CC/C=C/CC1(O)CCNCC1. The van der Waals surface area contributed by atoms with Gasteiger partial charge < -0.3 is 10.4 Å². The molecule has 2 heteroatoms. The van der Waals surface area contributed by atoms with Crippen LogP contribution in [0, 0.1) is 0 Å². The molecule has 2 N–H and O–H groups in total. The molecule has 0 spiro atoms. The topological polar surface area (TPSA) is 32.3 Å². The number of hydrogen-bond donors (Lipinski definition) is 2. The zero-order valence-corrected chi connectivity index (χ0v) is 7.84. The molecule has 1 fully saturated rings. The van der Waals surface area contributed by atoms with Crippen molar-refractivity contribution in [1.82, 2.24) is 5.32 Å². The highest BCUT2D eigenvalue weighted by molar-refractivity contribution is 4.93. The first kappa shape index (κ1) is 9.75. The van der Waals surface area contributed by atoms with E-state index in [1.54, 1.807) is 0 Å². The zero-order chi connectivity index (χ0) is 8.86. The second-order valence-electron chi connectivity index (χ2n) is 3.56. The van der Waals surface area contributed by atoms with Crippen molar-refractivity contribution in [2.45, 2.75) is 38.2 Å². The van der Waals surface area contributed by atoms with Gasteiger partial charge in [-0.3, -0.25) is 0 Å². The van der Waals surface area contributed by atoms with Gasteiger partial charge in [0.2, 0.25) is 0 Å². The van der Waals surface area contributed by atoms with Crippen LogP contribution in [-0.2, 0) is 0 Å². The van der Waals surface area contributed by atoms with Crippen LogP contribution in [0.2, 0.25) is 0 Å². The van der Waals surface area contributed by atoms with Crippen molar-refractivity contribution in [2.75, 3.05) is 13.1 Å². The zero-order valence-electron chi connectivity index (χ0n) is 7.84. The molecule has 1 heterocycles. The summed E-state index contributed by atoms with van der Waals surface area (Å²) in [5.41, 5.74) is -0.420. The van der Waals surface area contributed by atoms with Gasteiger partial charge in [0, 0.05) is 0 Å². The molecule has 12 heavy (non-hydrogen) atoms. The fourth-order valence-electron chi connectivity index (χ4n) is 1.57. The van der Waals surface area contributed by atoms with Crippen LogP contribution in [0.5, 0.6) is 0 Å². The summed E-state index contributed by atoms with van der Waals surface area (Å²) in [4.78, 5) is 0. The van der Waals surface area contributed by atoms with Crippen LogP contribution in [0.1, 0.15) is 32.6 Å². The van der Waals surface area contributed by atoms with Gasteiger partial charge in [-0.05, 0) is 38.8 Å². The summed E-state index contributed by atoms with van der Waals surface area (Å²) in [7, 11) is 0. The van der Waals surface area contributed by atoms with Crippen LogP contribution >= 0.6 is 0 Å². The Kier molecular flexibility index (Phi) is 3.76. The van der Waals surface area contributed by atoms with Crippen molar-refractivity contribution in [1.29, 1.82) is 0 Å². The molecule has 0 bridgehead atoms. The maximum atomic E-state index is 10.0. The molecule has 0 atom stereocenters. The lowest BCUT2D eigenvalue weighted by Crippen LogP contribution is -2.41. The molecule has 1 rings (SSSR count). The van der Waals surface area contributed by atoms with Gasteiger partial charge in [0.05, 0.1) is 5.60 Å². The van der Waals surface area contributed by atoms with E-state index < -0.39 is 5.60 Å². The Morgan fingerprint density at radius 3 is 2.58 bits per heavy atom. The van der Waals surface area contributed by atoms with E-state index in [9.17, 15) is 5.11 Å². The first-order chi connectivity index (χ1) is 5.77. The smallest absolute Gasteiger partial charge is 0.0706 e. The van der Waals surface area contributed by atoms with Crippen LogP contribution in [-0.4, -0.2) is 23.8 Å². The molecular formula is C10H19NO. The number of allylic oxidation sites excluding steroid dienone is 1. The van der Waals surface area contributed by atoms with E-state index in [2.05, 4.69) is 24.4 Å². The molecule has 1 saturated heterocycles. The number of nitrogens with one attached hydrogen (secondary N) is 1. The third-order valence-corrected chi connectivity index (χ3v) is 2.43. The van der Waals surface area contributed by atoms with Crippen molar-refractivity contribution in [2.24, 2.45) is 0 Å². The van der Waals surface area contributed by atoms with Gasteiger partial charge in [0.1, 0.15) is 0 Å². The predicted octanol–water partition coefficient (Wildman–Crippen LogP) is 1.46. The van der Waals surface area contributed by atoms with E-state index in [4.69, 9.17) is 0 Å². The molecular weight excluding hydrogens is 150 g/mol. The van der Waals surface area contributed by atoms with Gasteiger partial charge in [0.25, 0.3) is 0 Å². The van der Waals surface area contributed by atoms with E-state index in [0.29, 0.717) is 0 Å². The largest absolute Gasteiger partial charge is 0.389 e. The number of rotatable bonds is 3. The quantitative estimate of drug-likeness (QED) is 0.627. The highest BCUT2D eigenvalue weighted by atomic mass is 16.3. The molecule has 1 aliphatic heterocycles. The Morgan fingerprint density at radius 1 is 1.33 bits per heavy atom. The fraction of sp³-hybridized carbons (Fsp3) is 0.800. The second kappa shape index (κ2) is 4.63. The molecule has 0 aromatic heterocycles. The second-order valence-corrected chi connectivity index (χ2v) is 3.56. The van der Waals surface area contributed by atoms with E-state index in [0.717, 1.165) is 38.8 Å². The fourth-order valence-corrected chi connectivity index (χ4v) is 1.57. The number of piperidine rings is 1. The van der Waals surface area contributed by atoms with E-state index in [1.165, 1.54) is 0 Å². The minimum absolute atomic E-state index is 0.420. The Bertz CT molecular complexity index is 148. The molecule has 0 radical (unpaired) electrons. The van der Waals surface area contributed by atoms with Crippen LogP contribution in [0.4, 0.5) is 0 Å². The summed E-state index contributed by atoms with van der Waals surface area (Å²) in [6, 6.07) is 0. The number of hydrogen-bond acceptors (Lipinski definition) is 2. The summed E-state index contributed by atoms with van der Waals surface area (Å²) in [5, 5.41) is 13.3. The van der Waals surface area contributed by atoms with Gasteiger partial charge >= 0.3 is 0 Å². The lowest BCUT2D eigenvalue weighted by Gasteiger charge is -2.31. The predicted molar refractivity (Wildman–Crippen MR) is 51.1 cm³/mol. The Hall–Kier alpha value is -0.340. The highest BCUT2D eigenvalue weighted by Gasteiger charge is 2.27. The molecule has 0 amide bonds. The van der Waals surface area contributed by atoms with Gasteiger partial charge in [-0.1, -0.05) is 19.1 Å². The molecule has 0 saturated carbocycles. The Labute approximate surface area is 74.7 Å². The van der Waals surface area contributed by atoms with Crippen molar-refractivity contribution in [3.05, 3.63) is 12.2 Å². The van der Waals surface area contributed by atoms with E-state index in [-0.39, 0.29) is 0 Å². The Morgan fingerprint density at radius 2 is 2.00 bits per heavy atom. The van der Waals surface area contributed by atoms with Gasteiger partial charge in [-0.15, -0.1) is 0 Å². The molecule has 0 aromatic carbocycles. The van der Waals surface area contributed by atoms with Crippen molar-refractivity contribution < 1.29 is 5.11 Å².